The minimum absolute atomic E-state index is 0.103. The van der Waals surface area contributed by atoms with Crippen LogP contribution in [0.4, 0.5) is 5.69 Å². The van der Waals surface area contributed by atoms with Crippen molar-refractivity contribution in [2.75, 3.05) is 59.5 Å². The van der Waals surface area contributed by atoms with E-state index in [9.17, 15) is 4.79 Å². The van der Waals surface area contributed by atoms with Crippen LogP contribution in [0.1, 0.15) is 96.1 Å². The highest BCUT2D eigenvalue weighted by Crippen LogP contribution is 2.42. The van der Waals surface area contributed by atoms with Gasteiger partial charge in [0.15, 0.2) is 5.78 Å². The van der Waals surface area contributed by atoms with E-state index in [2.05, 4.69) is 88.2 Å². The van der Waals surface area contributed by atoms with Crippen molar-refractivity contribution in [1.29, 1.82) is 0 Å². The van der Waals surface area contributed by atoms with E-state index in [1.165, 1.54) is 47.0 Å². The number of hydrogen-bond donors (Lipinski definition) is 0. The third-order valence-electron chi connectivity index (χ3n) is 10.0. The van der Waals surface area contributed by atoms with Gasteiger partial charge in [-0.05, 0) is 125 Å². The molecule has 3 rings (SSSR count). The summed E-state index contributed by atoms with van der Waals surface area (Å²) in [4.78, 5) is 21.8. The molecule has 6 nitrogen and oxygen atoms in total. The number of carbonyl (C=O) groups excluding carboxylic acids is 1. The van der Waals surface area contributed by atoms with E-state index in [4.69, 9.17) is 14.5 Å². The number of benzene rings is 1. The van der Waals surface area contributed by atoms with E-state index in [-0.39, 0.29) is 5.78 Å². The van der Waals surface area contributed by atoms with Gasteiger partial charge in [0, 0.05) is 57.7 Å². The van der Waals surface area contributed by atoms with Gasteiger partial charge in [-0.15, -0.1) is 0 Å². The first-order valence-corrected chi connectivity index (χ1v) is 18.7. The molecule has 0 heterocycles. The van der Waals surface area contributed by atoms with Gasteiger partial charge in [0.2, 0.25) is 0 Å². The molecular formula is C43H65N3O3. The fraction of sp³-hybridized carbons (Fsp3) is 0.581. The Morgan fingerprint density at radius 3 is 2.39 bits per heavy atom. The number of allylic oxidation sites excluding steroid dienone is 7. The van der Waals surface area contributed by atoms with Crippen molar-refractivity contribution in [2.45, 2.75) is 97.8 Å². The number of rotatable bonds is 21. The average molecular weight is 672 g/mol. The molecule has 1 atom stereocenters. The molecule has 2 aliphatic carbocycles. The van der Waals surface area contributed by atoms with Gasteiger partial charge in [-0.3, -0.25) is 9.79 Å². The van der Waals surface area contributed by atoms with E-state index >= 15 is 0 Å². The molecule has 1 fully saturated rings. The first-order valence-electron chi connectivity index (χ1n) is 18.7. The number of methoxy groups -OCH3 is 2. The summed E-state index contributed by atoms with van der Waals surface area (Å²) in [7, 11) is 7.81. The summed E-state index contributed by atoms with van der Waals surface area (Å²) in [6, 6.07) is 4.56. The number of aliphatic imine (C=N–C) groups is 1. The molecule has 6 heteroatoms. The van der Waals surface area contributed by atoms with Crippen LogP contribution >= 0.6 is 0 Å². The van der Waals surface area contributed by atoms with Crippen molar-refractivity contribution in [1.82, 2.24) is 4.90 Å². The van der Waals surface area contributed by atoms with Crippen LogP contribution in [-0.2, 0) is 22.4 Å². The first kappa shape index (κ1) is 40.2. The number of carbonyl (C=O) groups is 1. The highest BCUT2D eigenvalue weighted by atomic mass is 16.5. The molecular weight excluding hydrogens is 606 g/mol. The monoisotopic (exact) mass is 672 g/mol. The Bertz CT molecular complexity index is 1380. The number of hydrogen-bond acceptors (Lipinski definition) is 6. The van der Waals surface area contributed by atoms with Crippen LogP contribution < -0.4 is 9.64 Å². The van der Waals surface area contributed by atoms with Crippen LogP contribution in [0, 0.1) is 11.8 Å². The molecule has 0 saturated heterocycles. The molecule has 1 saturated carbocycles. The van der Waals surface area contributed by atoms with Gasteiger partial charge in [0.05, 0.1) is 19.4 Å². The number of likely N-dealkylation sites (N-methyl/N-ethyl adjacent to an activating group) is 2. The Balaban J connectivity index is 1.77. The Hall–Kier alpha value is -3.22. The second kappa shape index (κ2) is 21.1. The largest absolute Gasteiger partial charge is 0.496 e. The van der Waals surface area contributed by atoms with Crippen LogP contribution in [-0.4, -0.2) is 71.0 Å². The lowest BCUT2D eigenvalue weighted by Crippen LogP contribution is -2.33. The summed E-state index contributed by atoms with van der Waals surface area (Å²) in [6.07, 6.45) is 20.7. The number of ketones is 1. The summed E-state index contributed by atoms with van der Waals surface area (Å²) < 4.78 is 11.3. The lowest BCUT2D eigenvalue weighted by atomic mass is 9.89. The maximum absolute atomic E-state index is 12.0. The topological polar surface area (TPSA) is 54.4 Å². The van der Waals surface area contributed by atoms with Crippen LogP contribution in [0.25, 0.3) is 0 Å². The van der Waals surface area contributed by atoms with Crippen molar-refractivity contribution in [3.63, 3.8) is 0 Å². The summed E-state index contributed by atoms with van der Waals surface area (Å²) in [5.74, 6) is 2.19. The van der Waals surface area contributed by atoms with Crippen LogP contribution in [0.2, 0.25) is 0 Å². The Labute approximate surface area is 298 Å². The Kier molecular flexibility index (Phi) is 17.3. The van der Waals surface area contributed by atoms with Gasteiger partial charge in [0.1, 0.15) is 5.75 Å². The number of anilines is 1. The van der Waals surface area contributed by atoms with E-state index < -0.39 is 0 Å². The molecule has 49 heavy (non-hydrogen) atoms. The van der Waals surface area contributed by atoms with Crippen molar-refractivity contribution in [2.24, 2.45) is 16.8 Å². The quantitative estimate of drug-likeness (QED) is 0.0741. The van der Waals surface area contributed by atoms with Gasteiger partial charge >= 0.3 is 0 Å². The van der Waals surface area contributed by atoms with Crippen molar-refractivity contribution in [3.05, 3.63) is 83.1 Å². The summed E-state index contributed by atoms with van der Waals surface area (Å²) in [6.45, 7) is 17.9. The van der Waals surface area contributed by atoms with Gasteiger partial charge in [-0.1, -0.05) is 56.9 Å². The fourth-order valence-corrected chi connectivity index (χ4v) is 6.67. The highest BCUT2D eigenvalue weighted by molar-refractivity contribution is 5.99. The Morgan fingerprint density at radius 1 is 1.00 bits per heavy atom. The molecule has 2 aliphatic rings. The second-order valence-corrected chi connectivity index (χ2v) is 14.1. The highest BCUT2D eigenvalue weighted by Gasteiger charge is 2.28. The standard InChI is InChI=1S/C43H65N3O3/c1-10-38(47)20-15-18-36-30-37(43(49-9)31-42(36)46(7)27-26-45(6)28-29-48-8)19-14-17-34-16-12-13-21-39(35-23-24-35)41(25-22-33(34)5)44-40(11-2)32(3)4/h10,16,21,25,30-31,33,35H,1,3,11-15,17-20,22-24,26-29H2,2,4-9H3/b34-16?,39-21-,41-25?,44-40?. The van der Waals surface area contributed by atoms with E-state index in [0.717, 1.165) is 101 Å². The minimum Gasteiger partial charge on any atom is -0.496 e. The normalized spacial score (nSPS) is 18.3. The van der Waals surface area contributed by atoms with Gasteiger partial charge < -0.3 is 19.3 Å². The second-order valence-electron chi connectivity index (χ2n) is 14.1. The molecule has 1 unspecified atom stereocenters. The molecule has 0 amide bonds. The zero-order valence-electron chi connectivity index (χ0n) is 31.9. The summed E-state index contributed by atoms with van der Waals surface area (Å²) in [5.41, 5.74) is 10.1. The number of ether oxygens (including phenoxy) is 2. The zero-order chi connectivity index (χ0) is 35.8. The smallest absolute Gasteiger partial charge is 0.155 e. The molecule has 1 aromatic carbocycles. The summed E-state index contributed by atoms with van der Waals surface area (Å²) >= 11 is 0. The van der Waals surface area contributed by atoms with Gasteiger partial charge in [-0.2, -0.15) is 0 Å². The zero-order valence-corrected chi connectivity index (χ0v) is 31.9. The van der Waals surface area contributed by atoms with Gasteiger partial charge in [-0.25, -0.2) is 0 Å². The van der Waals surface area contributed by atoms with E-state index in [1.54, 1.807) is 19.8 Å². The molecule has 0 aliphatic heterocycles. The molecule has 1 aromatic rings. The molecule has 0 aromatic heterocycles. The van der Waals surface area contributed by atoms with Crippen LogP contribution in [0.3, 0.4) is 0 Å². The number of nitrogens with zero attached hydrogens (tertiary/aromatic N) is 3. The van der Waals surface area contributed by atoms with E-state index in [0.29, 0.717) is 18.3 Å². The molecule has 0 N–H and O–H groups in total. The molecule has 0 bridgehead atoms. The average Bonchev–Trinajstić information content (AvgIpc) is 3.94. The SMILES string of the molecule is C=CC(=O)CCCc1cc(CCCC2=CCC/C=C(/C3CC3)C(N=C(CC)C(=C)C)=CCC2C)c(OC)cc1N(C)CCN(C)CCOC. The lowest BCUT2D eigenvalue weighted by Gasteiger charge is -2.27. The lowest BCUT2D eigenvalue weighted by molar-refractivity contribution is -0.114. The molecule has 0 spiro atoms. The molecule has 0 radical (unpaired) electrons. The van der Waals surface area contributed by atoms with Crippen molar-refractivity contribution < 1.29 is 14.3 Å². The first-order chi connectivity index (χ1) is 23.6. The third-order valence-corrected chi connectivity index (χ3v) is 10.0. The number of aryl methyl sites for hydroxylation is 2. The predicted octanol–water partition coefficient (Wildman–Crippen LogP) is 9.50. The summed E-state index contributed by atoms with van der Waals surface area (Å²) in [5, 5.41) is 0. The van der Waals surface area contributed by atoms with Crippen molar-refractivity contribution in [3.8, 4) is 5.75 Å². The Morgan fingerprint density at radius 2 is 1.73 bits per heavy atom. The predicted molar refractivity (Wildman–Crippen MR) is 209 cm³/mol. The third kappa shape index (κ3) is 13.2. The van der Waals surface area contributed by atoms with E-state index in [1.807, 2.05) is 0 Å². The van der Waals surface area contributed by atoms with Crippen molar-refractivity contribution >= 4 is 17.2 Å². The van der Waals surface area contributed by atoms with Crippen LogP contribution in [0.5, 0.6) is 5.75 Å². The van der Waals surface area contributed by atoms with Gasteiger partial charge in [0.25, 0.3) is 0 Å². The molecule has 270 valence electrons. The maximum Gasteiger partial charge on any atom is 0.155 e. The minimum atomic E-state index is 0.103. The maximum atomic E-state index is 12.0. The fourth-order valence-electron chi connectivity index (χ4n) is 6.67. The van der Waals surface area contributed by atoms with Crippen LogP contribution in [0.15, 0.2) is 77.0 Å².